The third-order valence-corrected chi connectivity index (χ3v) is 5.65. The van der Waals surface area contributed by atoms with Crippen LogP contribution in [0.4, 0.5) is 0 Å². The average Bonchev–Trinajstić information content (AvgIpc) is 3.10. The highest BCUT2D eigenvalue weighted by Gasteiger charge is 2.20. The van der Waals surface area contributed by atoms with E-state index in [2.05, 4.69) is 77.0 Å². The molecule has 1 aliphatic rings. The van der Waals surface area contributed by atoms with E-state index in [1.165, 1.54) is 22.3 Å². The first-order valence-electron chi connectivity index (χ1n) is 10.0. The maximum absolute atomic E-state index is 4.87. The number of imidazole rings is 1. The maximum Gasteiger partial charge on any atom is 0.155 e. The highest BCUT2D eigenvalue weighted by molar-refractivity contribution is 5.80. The molecule has 5 heteroatoms. The van der Waals surface area contributed by atoms with Gasteiger partial charge in [-0.2, -0.15) is 0 Å². The number of rotatable bonds is 5. The summed E-state index contributed by atoms with van der Waals surface area (Å²) in [6.45, 7) is 7.43. The third kappa shape index (κ3) is 3.96. The Kier molecular flexibility index (Phi) is 5.46. The number of hydrogen-bond acceptors (Lipinski definition) is 4. The molecule has 5 nitrogen and oxygen atoms in total. The predicted molar refractivity (Wildman–Crippen MR) is 116 cm³/mol. The van der Waals surface area contributed by atoms with E-state index in [4.69, 9.17) is 4.98 Å². The first-order chi connectivity index (χ1) is 13.6. The van der Waals surface area contributed by atoms with E-state index in [0.29, 0.717) is 0 Å². The van der Waals surface area contributed by atoms with Crippen molar-refractivity contribution < 1.29 is 0 Å². The monoisotopic (exact) mass is 375 g/mol. The number of nitrogens with one attached hydrogen (secondary N) is 3. The molecule has 0 radical (unpaired) electrons. The van der Waals surface area contributed by atoms with Crippen LogP contribution < -0.4 is 10.9 Å². The second kappa shape index (κ2) is 8.17. The summed E-state index contributed by atoms with van der Waals surface area (Å²) in [5, 5.41) is 0. The summed E-state index contributed by atoms with van der Waals surface area (Å²) in [4.78, 5) is 10.9. The van der Waals surface area contributed by atoms with E-state index in [-0.39, 0.29) is 0 Å². The molecule has 1 saturated heterocycles. The number of fused-ring (bicyclic) bond motifs is 1. The fourth-order valence-corrected chi connectivity index (χ4v) is 3.90. The summed E-state index contributed by atoms with van der Waals surface area (Å²) in [5.41, 5.74) is 15.0. The second-order valence-electron chi connectivity index (χ2n) is 7.65. The van der Waals surface area contributed by atoms with Crippen molar-refractivity contribution >= 4 is 16.7 Å². The van der Waals surface area contributed by atoms with Crippen LogP contribution in [-0.4, -0.2) is 35.0 Å². The van der Waals surface area contributed by atoms with Crippen molar-refractivity contribution in [2.24, 2.45) is 0 Å². The van der Waals surface area contributed by atoms with Gasteiger partial charge in [-0.25, -0.2) is 10.4 Å². The number of nitrogens with zero attached hydrogens (tertiary/aromatic N) is 2. The zero-order chi connectivity index (χ0) is 19.5. The number of aryl methyl sites for hydroxylation is 2. The summed E-state index contributed by atoms with van der Waals surface area (Å²) < 4.78 is 0. The lowest BCUT2D eigenvalue weighted by atomic mass is 10.0. The minimum atomic E-state index is 0.917. The van der Waals surface area contributed by atoms with Gasteiger partial charge in [0.25, 0.3) is 0 Å². The molecule has 1 aromatic heterocycles. The Labute approximate surface area is 166 Å². The molecule has 2 aromatic carbocycles. The lowest BCUT2D eigenvalue weighted by Crippen LogP contribution is -2.33. The van der Waals surface area contributed by atoms with Crippen molar-refractivity contribution in [2.75, 3.05) is 20.1 Å². The van der Waals surface area contributed by atoms with Gasteiger partial charge >= 0.3 is 0 Å². The van der Waals surface area contributed by atoms with Crippen LogP contribution in [-0.2, 0) is 6.54 Å². The largest absolute Gasteiger partial charge is 0.337 e. The SMILES string of the molecule is CNNC(=C1CCN(Cc2ccccc2)CC1)c1nc2cc(C)c(C)cc2[nH]1. The molecule has 1 fully saturated rings. The normalized spacial score (nSPS) is 15.2. The van der Waals surface area contributed by atoms with Crippen molar-refractivity contribution in [3.63, 3.8) is 0 Å². The molecule has 0 unspecified atom stereocenters. The van der Waals surface area contributed by atoms with Crippen LogP contribution in [0.3, 0.4) is 0 Å². The number of hydrazine groups is 1. The Morgan fingerprint density at radius 3 is 2.50 bits per heavy atom. The van der Waals surface area contributed by atoms with Gasteiger partial charge in [0, 0.05) is 26.7 Å². The highest BCUT2D eigenvalue weighted by atomic mass is 15.3. The first-order valence-corrected chi connectivity index (χ1v) is 10.0. The van der Waals surface area contributed by atoms with Gasteiger partial charge in [-0.15, -0.1) is 0 Å². The molecule has 2 heterocycles. The Morgan fingerprint density at radius 1 is 1.07 bits per heavy atom. The average molecular weight is 376 g/mol. The summed E-state index contributed by atoms with van der Waals surface area (Å²) >= 11 is 0. The van der Waals surface area contributed by atoms with Crippen LogP contribution in [0.25, 0.3) is 16.7 Å². The molecule has 146 valence electrons. The van der Waals surface area contributed by atoms with Crippen molar-refractivity contribution in [2.45, 2.75) is 33.2 Å². The molecular weight excluding hydrogens is 346 g/mol. The fraction of sp³-hybridized carbons (Fsp3) is 0.348. The minimum Gasteiger partial charge on any atom is -0.337 e. The van der Waals surface area contributed by atoms with Crippen molar-refractivity contribution in [1.82, 2.24) is 25.7 Å². The molecule has 0 bridgehead atoms. The van der Waals surface area contributed by atoms with Crippen LogP contribution in [0.1, 0.15) is 35.4 Å². The number of piperidine rings is 1. The molecule has 1 aliphatic heterocycles. The van der Waals surface area contributed by atoms with Gasteiger partial charge in [-0.1, -0.05) is 30.3 Å². The predicted octanol–water partition coefficient (Wildman–Crippen LogP) is 3.91. The number of aromatic amines is 1. The number of likely N-dealkylation sites (tertiary alicyclic amines) is 1. The Bertz CT molecular complexity index is 938. The lowest BCUT2D eigenvalue weighted by molar-refractivity contribution is 0.248. The van der Waals surface area contributed by atoms with Crippen LogP contribution in [0.15, 0.2) is 48.0 Å². The van der Waals surface area contributed by atoms with Crippen LogP contribution >= 0.6 is 0 Å². The fourth-order valence-electron chi connectivity index (χ4n) is 3.90. The van der Waals surface area contributed by atoms with Crippen molar-refractivity contribution in [3.05, 3.63) is 70.6 Å². The molecule has 3 aromatic rings. The minimum absolute atomic E-state index is 0.917. The van der Waals surface area contributed by atoms with Gasteiger partial charge in [0.15, 0.2) is 5.82 Å². The first kappa shape index (κ1) is 18.7. The quantitative estimate of drug-likeness (QED) is 0.592. The van der Waals surface area contributed by atoms with E-state index in [1.54, 1.807) is 0 Å². The van der Waals surface area contributed by atoms with Crippen LogP contribution in [0, 0.1) is 13.8 Å². The zero-order valence-corrected chi connectivity index (χ0v) is 17.0. The number of benzene rings is 2. The number of aromatic nitrogens is 2. The molecule has 0 saturated carbocycles. The summed E-state index contributed by atoms with van der Waals surface area (Å²) in [7, 11) is 1.90. The van der Waals surface area contributed by atoms with Crippen LogP contribution in [0.2, 0.25) is 0 Å². The molecule has 4 rings (SSSR count). The molecule has 28 heavy (non-hydrogen) atoms. The highest BCUT2D eigenvalue weighted by Crippen LogP contribution is 2.26. The Balaban J connectivity index is 1.55. The summed E-state index contributed by atoms with van der Waals surface area (Å²) in [6, 6.07) is 15.1. The van der Waals surface area contributed by atoms with Gasteiger partial charge in [-0.05, 0) is 61.1 Å². The number of hydrogen-bond donors (Lipinski definition) is 3. The third-order valence-electron chi connectivity index (χ3n) is 5.65. The van der Waals surface area contributed by atoms with Crippen molar-refractivity contribution in [3.8, 4) is 0 Å². The van der Waals surface area contributed by atoms with E-state index in [1.807, 2.05) is 7.05 Å². The molecular formula is C23H29N5. The van der Waals surface area contributed by atoms with E-state index in [0.717, 1.165) is 55.0 Å². The van der Waals surface area contributed by atoms with Gasteiger partial charge in [-0.3, -0.25) is 4.90 Å². The van der Waals surface area contributed by atoms with Gasteiger partial charge in [0.05, 0.1) is 16.7 Å². The van der Waals surface area contributed by atoms with E-state index in [9.17, 15) is 0 Å². The number of H-pyrrole nitrogens is 1. The van der Waals surface area contributed by atoms with Gasteiger partial charge in [0.2, 0.25) is 0 Å². The Morgan fingerprint density at radius 2 is 1.79 bits per heavy atom. The lowest BCUT2D eigenvalue weighted by Gasteiger charge is -2.29. The molecule has 0 spiro atoms. The van der Waals surface area contributed by atoms with Crippen LogP contribution in [0.5, 0.6) is 0 Å². The molecule has 0 aliphatic carbocycles. The van der Waals surface area contributed by atoms with E-state index < -0.39 is 0 Å². The van der Waals surface area contributed by atoms with Gasteiger partial charge in [0.1, 0.15) is 0 Å². The summed E-state index contributed by atoms with van der Waals surface area (Å²) in [6.07, 6.45) is 2.10. The Hall–Kier alpha value is -2.63. The van der Waals surface area contributed by atoms with Crippen molar-refractivity contribution in [1.29, 1.82) is 0 Å². The summed E-state index contributed by atoms with van der Waals surface area (Å²) in [5.74, 6) is 0.917. The van der Waals surface area contributed by atoms with Gasteiger partial charge < -0.3 is 10.4 Å². The maximum atomic E-state index is 4.87. The molecule has 0 amide bonds. The smallest absolute Gasteiger partial charge is 0.155 e. The topological polar surface area (TPSA) is 56.0 Å². The molecule has 3 N–H and O–H groups in total. The second-order valence-corrected chi connectivity index (χ2v) is 7.65. The molecule has 0 atom stereocenters. The van der Waals surface area contributed by atoms with E-state index >= 15 is 0 Å². The standard InChI is InChI=1S/C23H29N5/c1-16-13-20-21(14-17(16)2)26-23(25-20)22(27-24-3)19-9-11-28(12-10-19)15-18-7-5-4-6-8-18/h4-8,13-14,24,27H,9-12,15H2,1-3H3,(H,25,26). The zero-order valence-electron chi connectivity index (χ0n) is 17.0.